The number of aromatic nitrogens is 1. The molecule has 1 fully saturated rings. The van der Waals surface area contributed by atoms with Crippen molar-refractivity contribution >= 4 is 34.6 Å². The standard InChI is InChI=1S/C18H24ClN5S/c1-13-14(2)25-17(22-13)7-8-21-18(20)24-11-9-23(10-12-24)16-5-3-15(19)4-6-16/h3-6H,7-12H2,1-2H3,(H2,20,21). The summed E-state index contributed by atoms with van der Waals surface area (Å²) < 4.78 is 0. The number of hydrogen-bond donors (Lipinski definition) is 1. The van der Waals surface area contributed by atoms with Gasteiger partial charge in [0.05, 0.1) is 10.7 Å². The Morgan fingerprint density at radius 2 is 1.88 bits per heavy atom. The topological polar surface area (TPSA) is 57.8 Å². The van der Waals surface area contributed by atoms with Crippen molar-refractivity contribution in [3.63, 3.8) is 0 Å². The molecule has 0 aliphatic carbocycles. The maximum absolute atomic E-state index is 6.17. The van der Waals surface area contributed by atoms with E-state index < -0.39 is 0 Å². The number of aliphatic imine (C=N–C) groups is 1. The van der Waals surface area contributed by atoms with Crippen molar-refractivity contribution in [2.75, 3.05) is 37.6 Å². The number of aryl methyl sites for hydroxylation is 2. The Morgan fingerprint density at radius 1 is 1.20 bits per heavy atom. The fourth-order valence-corrected chi connectivity index (χ4v) is 3.91. The summed E-state index contributed by atoms with van der Waals surface area (Å²) in [5, 5.41) is 1.91. The van der Waals surface area contributed by atoms with Gasteiger partial charge in [-0.2, -0.15) is 0 Å². The fourth-order valence-electron chi connectivity index (χ4n) is 2.86. The monoisotopic (exact) mass is 377 g/mol. The summed E-state index contributed by atoms with van der Waals surface area (Å²) in [6.07, 6.45) is 0.852. The van der Waals surface area contributed by atoms with Crippen LogP contribution in [-0.2, 0) is 6.42 Å². The third kappa shape index (κ3) is 4.64. The minimum Gasteiger partial charge on any atom is -0.370 e. The Balaban J connectivity index is 1.49. The van der Waals surface area contributed by atoms with Crippen LogP contribution >= 0.6 is 22.9 Å². The van der Waals surface area contributed by atoms with Crippen LogP contribution in [0.1, 0.15) is 15.6 Å². The van der Waals surface area contributed by atoms with E-state index >= 15 is 0 Å². The molecule has 0 radical (unpaired) electrons. The smallest absolute Gasteiger partial charge is 0.191 e. The molecule has 1 saturated heterocycles. The number of anilines is 1. The molecule has 0 atom stereocenters. The number of benzene rings is 1. The van der Waals surface area contributed by atoms with E-state index in [2.05, 4.69) is 38.8 Å². The Bertz CT molecular complexity index is 713. The average Bonchev–Trinajstić information content (AvgIpc) is 2.93. The van der Waals surface area contributed by atoms with Gasteiger partial charge in [0.2, 0.25) is 0 Å². The number of halogens is 1. The quantitative estimate of drug-likeness (QED) is 0.657. The molecule has 3 rings (SSSR count). The van der Waals surface area contributed by atoms with Crippen LogP contribution < -0.4 is 10.6 Å². The lowest BCUT2D eigenvalue weighted by Crippen LogP contribution is -2.51. The second-order valence-corrected chi connectivity index (χ2v) is 7.91. The van der Waals surface area contributed by atoms with Crippen molar-refractivity contribution in [1.82, 2.24) is 9.88 Å². The van der Waals surface area contributed by atoms with Crippen LogP contribution in [0.4, 0.5) is 5.69 Å². The highest BCUT2D eigenvalue weighted by molar-refractivity contribution is 7.11. The van der Waals surface area contributed by atoms with Gasteiger partial charge in [-0.25, -0.2) is 4.98 Å². The van der Waals surface area contributed by atoms with Crippen LogP contribution in [0.3, 0.4) is 0 Å². The van der Waals surface area contributed by atoms with Gasteiger partial charge in [0.25, 0.3) is 0 Å². The predicted octanol–water partition coefficient (Wildman–Crippen LogP) is 3.09. The molecule has 2 N–H and O–H groups in total. The molecule has 7 heteroatoms. The third-order valence-electron chi connectivity index (χ3n) is 4.47. The van der Waals surface area contributed by atoms with Gasteiger partial charge < -0.3 is 15.5 Å². The zero-order valence-corrected chi connectivity index (χ0v) is 16.3. The second-order valence-electron chi connectivity index (χ2n) is 6.19. The van der Waals surface area contributed by atoms with Gasteiger partial charge in [-0.3, -0.25) is 4.99 Å². The summed E-state index contributed by atoms with van der Waals surface area (Å²) in [7, 11) is 0. The number of thiazole rings is 1. The molecule has 0 spiro atoms. The maximum atomic E-state index is 6.17. The lowest BCUT2D eigenvalue weighted by atomic mass is 10.2. The Hall–Kier alpha value is -1.79. The highest BCUT2D eigenvalue weighted by Gasteiger charge is 2.18. The van der Waals surface area contributed by atoms with E-state index in [0.717, 1.165) is 48.3 Å². The zero-order valence-electron chi connectivity index (χ0n) is 14.7. The van der Waals surface area contributed by atoms with Crippen LogP contribution in [0.25, 0.3) is 0 Å². The number of rotatable bonds is 4. The number of nitrogens with two attached hydrogens (primary N) is 1. The molecule has 25 heavy (non-hydrogen) atoms. The minimum atomic E-state index is 0.640. The SMILES string of the molecule is Cc1nc(CCN=C(N)N2CCN(c3ccc(Cl)cc3)CC2)sc1C. The summed E-state index contributed by atoms with van der Waals surface area (Å²) >= 11 is 7.70. The Morgan fingerprint density at radius 3 is 2.48 bits per heavy atom. The minimum absolute atomic E-state index is 0.640. The molecule has 5 nitrogen and oxygen atoms in total. The molecule has 1 aromatic heterocycles. The first-order valence-corrected chi connectivity index (χ1v) is 9.70. The largest absolute Gasteiger partial charge is 0.370 e. The van der Waals surface area contributed by atoms with E-state index in [0.29, 0.717) is 12.5 Å². The van der Waals surface area contributed by atoms with Gasteiger partial charge in [0, 0.05) is 54.7 Å². The summed E-state index contributed by atoms with van der Waals surface area (Å²) in [5.74, 6) is 0.640. The van der Waals surface area contributed by atoms with E-state index in [9.17, 15) is 0 Å². The molecule has 0 amide bonds. The van der Waals surface area contributed by atoms with E-state index in [1.165, 1.54) is 10.6 Å². The summed E-state index contributed by atoms with van der Waals surface area (Å²) in [6.45, 7) is 8.48. The molecule has 0 bridgehead atoms. The molecular formula is C18H24ClN5S. The van der Waals surface area contributed by atoms with Gasteiger partial charge in [-0.1, -0.05) is 11.6 Å². The molecule has 2 heterocycles. The Kier molecular flexibility index (Phi) is 5.81. The van der Waals surface area contributed by atoms with Gasteiger partial charge >= 0.3 is 0 Å². The van der Waals surface area contributed by atoms with Crippen molar-refractivity contribution in [3.8, 4) is 0 Å². The van der Waals surface area contributed by atoms with Crippen LogP contribution in [0.15, 0.2) is 29.3 Å². The number of nitrogens with zero attached hydrogens (tertiary/aromatic N) is 4. The maximum Gasteiger partial charge on any atom is 0.191 e. The summed E-state index contributed by atoms with van der Waals surface area (Å²) in [4.78, 5) is 14.9. The van der Waals surface area contributed by atoms with E-state index in [1.807, 2.05) is 19.1 Å². The van der Waals surface area contributed by atoms with Gasteiger partial charge in [-0.05, 0) is 38.1 Å². The third-order valence-corrected chi connectivity index (χ3v) is 5.85. The summed E-state index contributed by atoms with van der Waals surface area (Å²) in [6, 6.07) is 7.99. The van der Waals surface area contributed by atoms with Crippen molar-refractivity contribution < 1.29 is 0 Å². The van der Waals surface area contributed by atoms with Crippen LogP contribution in [0, 0.1) is 13.8 Å². The zero-order chi connectivity index (χ0) is 17.8. The van der Waals surface area contributed by atoms with Crippen molar-refractivity contribution in [2.45, 2.75) is 20.3 Å². The lowest BCUT2D eigenvalue weighted by Gasteiger charge is -2.36. The van der Waals surface area contributed by atoms with Crippen molar-refractivity contribution in [3.05, 3.63) is 44.9 Å². The first kappa shape index (κ1) is 18.0. The summed E-state index contributed by atoms with van der Waals surface area (Å²) in [5.41, 5.74) is 8.50. The molecule has 1 aliphatic rings. The van der Waals surface area contributed by atoms with Gasteiger partial charge in [0.15, 0.2) is 5.96 Å². The normalized spacial score (nSPS) is 15.7. The van der Waals surface area contributed by atoms with Gasteiger partial charge in [0.1, 0.15) is 0 Å². The fraction of sp³-hybridized carbons (Fsp3) is 0.444. The number of piperazine rings is 1. The van der Waals surface area contributed by atoms with E-state index in [4.69, 9.17) is 17.3 Å². The molecule has 1 aliphatic heterocycles. The van der Waals surface area contributed by atoms with E-state index in [-0.39, 0.29) is 0 Å². The molecular weight excluding hydrogens is 354 g/mol. The van der Waals surface area contributed by atoms with E-state index in [1.54, 1.807) is 11.3 Å². The molecule has 134 valence electrons. The molecule has 0 saturated carbocycles. The lowest BCUT2D eigenvalue weighted by molar-refractivity contribution is 0.381. The average molecular weight is 378 g/mol. The number of guanidine groups is 1. The Labute approximate surface area is 158 Å². The second kappa shape index (κ2) is 8.06. The molecule has 0 unspecified atom stereocenters. The van der Waals surface area contributed by atoms with Crippen molar-refractivity contribution in [2.24, 2.45) is 10.7 Å². The predicted molar refractivity (Wildman–Crippen MR) is 107 cm³/mol. The van der Waals surface area contributed by atoms with Crippen molar-refractivity contribution in [1.29, 1.82) is 0 Å². The molecule has 2 aromatic rings. The van der Waals surface area contributed by atoms with Crippen LogP contribution in [0.5, 0.6) is 0 Å². The molecule has 1 aromatic carbocycles. The number of hydrogen-bond acceptors (Lipinski definition) is 4. The highest BCUT2D eigenvalue weighted by atomic mass is 35.5. The first-order valence-electron chi connectivity index (χ1n) is 8.51. The van der Waals surface area contributed by atoms with Crippen LogP contribution in [0.2, 0.25) is 5.02 Å². The van der Waals surface area contributed by atoms with Crippen LogP contribution in [-0.4, -0.2) is 48.6 Å². The van der Waals surface area contributed by atoms with Gasteiger partial charge in [-0.15, -0.1) is 11.3 Å². The first-order chi connectivity index (χ1) is 12.0. The highest BCUT2D eigenvalue weighted by Crippen LogP contribution is 2.19.